The lowest BCUT2D eigenvalue weighted by Gasteiger charge is -2.01. The zero-order valence-electron chi connectivity index (χ0n) is 9.30. The molecular weight excluding hydrogens is 220 g/mol. The molecule has 0 aliphatic heterocycles. The van der Waals surface area contributed by atoms with Crippen LogP contribution in [-0.2, 0) is 11.2 Å². The average Bonchev–Trinajstić information content (AvgIpc) is 2.63. The van der Waals surface area contributed by atoms with Gasteiger partial charge in [0.05, 0.1) is 12.1 Å². The van der Waals surface area contributed by atoms with Crippen molar-refractivity contribution in [3.05, 3.63) is 41.8 Å². The van der Waals surface area contributed by atoms with Crippen LogP contribution in [0.2, 0.25) is 0 Å². The predicted molar refractivity (Wildman–Crippen MR) is 61.7 cm³/mol. The van der Waals surface area contributed by atoms with Gasteiger partial charge in [-0.2, -0.15) is 4.98 Å². The summed E-state index contributed by atoms with van der Waals surface area (Å²) in [6, 6.07) is 6.74. The Bertz CT molecular complexity index is 534. The molecule has 0 aliphatic rings. The Kier molecular flexibility index (Phi) is 3.09. The summed E-state index contributed by atoms with van der Waals surface area (Å²) in [5, 5.41) is 11.8. The smallest absolute Gasteiger partial charge is 0.301 e. The number of oxazole rings is 1. The van der Waals surface area contributed by atoms with Crippen LogP contribution in [0.25, 0.3) is 0 Å². The summed E-state index contributed by atoms with van der Waals surface area (Å²) in [6.07, 6.45) is 1.62. The van der Waals surface area contributed by atoms with Crippen LogP contribution in [0.4, 0.5) is 6.01 Å². The number of carbonyl (C=O) groups excluding carboxylic acids is 1. The van der Waals surface area contributed by atoms with Gasteiger partial charge in [0.1, 0.15) is 12.0 Å². The van der Waals surface area contributed by atoms with Crippen LogP contribution in [-0.4, -0.2) is 16.0 Å². The molecular formula is C12H12N2O3. The highest BCUT2D eigenvalue weighted by atomic mass is 16.4. The van der Waals surface area contributed by atoms with E-state index < -0.39 is 0 Å². The van der Waals surface area contributed by atoms with Crippen molar-refractivity contribution in [2.24, 2.45) is 0 Å². The van der Waals surface area contributed by atoms with Gasteiger partial charge in [0, 0.05) is 0 Å². The van der Waals surface area contributed by atoms with Crippen LogP contribution in [0.1, 0.15) is 11.3 Å². The minimum Gasteiger partial charge on any atom is -0.508 e. The van der Waals surface area contributed by atoms with Gasteiger partial charge in [0.25, 0.3) is 0 Å². The summed E-state index contributed by atoms with van der Waals surface area (Å²) < 4.78 is 5.00. The highest BCUT2D eigenvalue weighted by molar-refractivity contribution is 5.90. The molecule has 0 saturated heterocycles. The number of nitrogens with zero attached hydrogens (tertiary/aromatic N) is 1. The number of aromatic nitrogens is 1. The molecule has 0 aliphatic carbocycles. The van der Waals surface area contributed by atoms with Crippen LogP contribution in [0.15, 0.2) is 34.9 Å². The summed E-state index contributed by atoms with van der Waals surface area (Å²) in [5.74, 6) is -0.0975. The second-order valence-corrected chi connectivity index (χ2v) is 3.69. The first-order valence-corrected chi connectivity index (χ1v) is 5.13. The molecule has 2 aromatic rings. The molecule has 88 valence electrons. The first-order chi connectivity index (χ1) is 8.13. The van der Waals surface area contributed by atoms with Gasteiger partial charge < -0.3 is 9.52 Å². The summed E-state index contributed by atoms with van der Waals surface area (Å²) in [7, 11) is 0. The van der Waals surface area contributed by atoms with E-state index in [-0.39, 0.29) is 24.1 Å². The van der Waals surface area contributed by atoms with Crippen LogP contribution in [0.3, 0.4) is 0 Å². The SMILES string of the molecule is Cc1coc(NC(=O)Cc2cccc(O)c2)n1. The van der Waals surface area contributed by atoms with Crippen LogP contribution in [0, 0.1) is 6.92 Å². The monoisotopic (exact) mass is 232 g/mol. The van der Waals surface area contributed by atoms with Crippen molar-refractivity contribution < 1.29 is 14.3 Å². The van der Waals surface area contributed by atoms with Gasteiger partial charge in [0.15, 0.2) is 0 Å². The molecule has 0 unspecified atom stereocenters. The molecule has 5 heteroatoms. The molecule has 0 atom stereocenters. The van der Waals surface area contributed by atoms with E-state index in [1.54, 1.807) is 31.2 Å². The molecule has 0 radical (unpaired) electrons. The Morgan fingerprint density at radius 1 is 1.53 bits per heavy atom. The zero-order valence-corrected chi connectivity index (χ0v) is 9.30. The number of carbonyl (C=O) groups is 1. The molecule has 2 N–H and O–H groups in total. The number of aromatic hydroxyl groups is 1. The van der Waals surface area contributed by atoms with Gasteiger partial charge in [-0.05, 0) is 24.6 Å². The van der Waals surface area contributed by atoms with Crippen molar-refractivity contribution >= 4 is 11.9 Å². The number of aryl methyl sites for hydroxylation is 1. The van der Waals surface area contributed by atoms with E-state index in [1.807, 2.05) is 0 Å². The molecule has 1 aromatic carbocycles. The third kappa shape index (κ3) is 3.07. The first-order valence-electron chi connectivity index (χ1n) is 5.13. The van der Waals surface area contributed by atoms with Crippen molar-refractivity contribution in [3.63, 3.8) is 0 Å². The molecule has 2 rings (SSSR count). The van der Waals surface area contributed by atoms with Crippen LogP contribution in [0.5, 0.6) is 5.75 Å². The second-order valence-electron chi connectivity index (χ2n) is 3.69. The fourth-order valence-corrected chi connectivity index (χ4v) is 1.43. The van der Waals surface area contributed by atoms with Crippen LogP contribution >= 0.6 is 0 Å². The third-order valence-corrected chi connectivity index (χ3v) is 2.14. The fourth-order valence-electron chi connectivity index (χ4n) is 1.43. The molecule has 17 heavy (non-hydrogen) atoms. The van der Waals surface area contributed by atoms with Crippen molar-refractivity contribution in [2.45, 2.75) is 13.3 Å². The lowest BCUT2D eigenvalue weighted by atomic mass is 10.1. The summed E-state index contributed by atoms with van der Waals surface area (Å²) in [6.45, 7) is 1.77. The molecule has 5 nitrogen and oxygen atoms in total. The van der Waals surface area contributed by atoms with E-state index in [0.29, 0.717) is 5.69 Å². The Morgan fingerprint density at radius 3 is 3.00 bits per heavy atom. The Morgan fingerprint density at radius 2 is 2.35 bits per heavy atom. The normalized spacial score (nSPS) is 10.2. The molecule has 0 spiro atoms. The van der Waals surface area contributed by atoms with Crippen molar-refractivity contribution in [2.75, 3.05) is 5.32 Å². The Hall–Kier alpha value is -2.30. The number of hydrogen-bond donors (Lipinski definition) is 2. The van der Waals surface area contributed by atoms with Gasteiger partial charge in [-0.3, -0.25) is 10.1 Å². The van der Waals surface area contributed by atoms with Crippen molar-refractivity contribution in [1.82, 2.24) is 4.98 Å². The second kappa shape index (κ2) is 4.69. The largest absolute Gasteiger partial charge is 0.508 e. The third-order valence-electron chi connectivity index (χ3n) is 2.14. The number of anilines is 1. The van der Waals surface area contributed by atoms with Gasteiger partial charge in [-0.15, -0.1) is 0 Å². The first kappa shape index (κ1) is 11.2. The standard InChI is InChI=1S/C12H12N2O3/c1-8-7-17-12(13-8)14-11(16)6-9-3-2-4-10(15)5-9/h2-5,7,15H,6H2,1H3,(H,13,14,16). The summed E-state index contributed by atoms with van der Waals surface area (Å²) in [4.78, 5) is 15.6. The number of amides is 1. The van der Waals surface area contributed by atoms with E-state index in [4.69, 9.17) is 4.42 Å². The van der Waals surface area contributed by atoms with E-state index in [1.165, 1.54) is 6.26 Å². The highest BCUT2D eigenvalue weighted by Crippen LogP contribution is 2.12. The highest BCUT2D eigenvalue weighted by Gasteiger charge is 2.07. The molecule has 1 heterocycles. The van der Waals surface area contributed by atoms with Crippen LogP contribution < -0.4 is 5.32 Å². The molecule has 0 saturated carbocycles. The number of hydrogen-bond acceptors (Lipinski definition) is 4. The number of phenolic OH excluding ortho intramolecular Hbond substituents is 1. The van der Waals surface area contributed by atoms with E-state index in [2.05, 4.69) is 10.3 Å². The number of rotatable bonds is 3. The van der Waals surface area contributed by atoms with E-state index in [9.17, 15) is 9.90 Å². The summed E-state index contributed by atoms with van der Waals surface area (Å²) >= 11 is 0. The van der Waals surface area contributed by atoms with Crippen molar-refractivity contribution in [1.29, 1.82) is 0 Å². The number of benzene rings is 1. The predicted octanol–water partition coefficient (Wildman–Crippen LogP) is 1.87. The van der Waals surface area contributed by atoms with Gasteiger partial charge in [0.2, 0.25) is 5.91 Å². The number of nitrogens with one attached hydrogen (secondary N) is 1. The molecule has 1 aromatic heterocycles. The lowest BCUT2D eigenvalue weighted by Crippen LogP contribution is -2.14. The number of phenols is 1. The molecule has 1 amide bonds. The topological polar surface area (TPSA) is 75.4 Å². The van der Waals surface area contributed by atoms with Gasteiger partial charge in [-0.25, -0.2) is 0 Å². The average molecular weight is 232 g/mol. The van der Waals surface area contributed by atoms with Crippen molar-refractivity contribution in [3.8, 4) is 5.75 Å². The quantitative estimate of drug-likeness (QED) is 0.847. The fraction of sp³-hybridized carbons (Fsp3) is 0.167. The Balaban J connectivity index is 1.98. The minimum atomic E-state index is -0.238. The van der Waals surface area contributed by atoms with E-state index in [0.717, 1.165) is 5.56 Å². The summed E-state index contributed by atoms with van der Waals surface area (Å²) in [5.41, 5.74) is 1.43. The zero-order chi connectivity index (χ0) is 12.3. The lowest BCUT2D eigenvalue weighted by molar-refractivity contribution is -0.115. The van der Waals surface area contributed by atoms with Gasteiger partial charge >= 0.3 is 6.01 Å². The van der Waals surface area contributed by atoms with Gasteiger partial charge in [-0.1, -0.05) is 12.1 Å². The molecule has 0 fully saturated rings. The maximum absolute atomic E-state index is 11.6. The van der Waals surface area contributed by atoms with E-state index >= 15 is 0 Å². The maximum atomic E-state index is 11.6. The Labute approximate surface area is 98.1 Å². The minimum absolute atomic E-state index is 0.141. The maximum Gasteiger partial charge on any atom is 0.301 e. The molecule has 0 bridgehead atoms.